The average molecular weight is 467 g/mol. The third-order valence-electron chi connectivity index (χ3n) is 6.56. The molecule has 0 fully saturated rings. The van der Waals surface area contributed by atoms with Gasteiger partial charge in [-0.25, -0.2) is 4.79 Å². The Morgan fingerprint density at radius 3 is 2.15 bits per heavy atom. The van der Waals surface area contributed by atoms with Gasteiger partial charge in [-0.1, -0.05) is 68.8 Å². The van der Waals surface area contributed by atoms with Crippen LogP contribution in [0.1, 0.15) is 57.1 Å². The number of nitrogens with one attached hydrogen (secondary N) is 1. The van der Waals surface area contributed by atoms with Gasteiger partial charge in [0.15, 0.2) is 0 Å². The number of hydrogen-bond acceptors (Lipinski definition) is 4. The third-order valence-corrected chi connectivity index (χ3v) is 6.56. The second-order valence-electron chi connectivity index (χ2n) is 8.83. The van der Waals surface area contributed by atoms with Gasteiger partial charge in [0.25, 0.3) is 0 Å². The van der Waals surface area contributed by atoms with Gasteiger partial charge in [-0.15, -0.1) is 0 Å². The summed E-state index contributed by atoms with van der Waals surface area (Å²) in [6.45, 7) is 6.49. The summed E-state index contributed by atoms with van der Waals surface area (Å²) in [7, 11) is 0. The SMILES string of the molecule is CCC(C)CC(NC(=O)OCC1c2ccccc2-c2ccccc21)C(=O)N(CC)CCC(=O)O. The standard InChI is InChI=1S/C27H34N2O5/c1-4-18(3)16-24(26(32)29(5-2)15-14-25(30)31)28-27(33)34-17-23-21-12-8-6-10-19(21)20-11-7-9-13-22(20)23/h6-13,18,23-24H,4-5,14-17H2,1-3H3,(H,28,33)(H,30,31). The highest BCUT2D eigenvalue weighted by Crippen LogP contribution is 2.44. The molecule has 1 aliphatic rings. The summed E-state index contributed by atoms with van der Waals surface area (Å²) in [5.41, 5.74) is 4.53. The molecule has 34 heavy (non-hydrogen) atoms. The van der Waals surface area contributed by atoms with E-state index in [4.69, 9.17) is 9.84 Å². The summed E-state index contributed by atoms with van der Waals surface area (Å²) in [6, 6.07) is 15.5. The Balaban J connectivity index is 1.69. The number of rotatable bonds is 11. The van der Waals surface area contributed by atoms with Crippen LogP contribution in [0.4, 0.5) is 4.79 Å². The first-order valence-electron chi connectivity index (χ1n) is 12.0. The summed E-state index contributed by atoms with van der Waals surface area (Å²) in [6.07, 6.45) is 0.541. The number of ether oxygens (including phenoxy) is 1. The minimum Gasteiger partial charge on any atom is -0.481 e. The first-order valence-corrected chi connectivity index (χ1v) is 12.0. The van der Waals surface area contributed by atoms with Crippen molar-refractivity contribution in [3.63, 3.8) is 0 Å². The van der Waals surface area contributed by atoms with Gasteiger partial charge in [-0.3, -0.25) is 9.59 Å². The van der Waals surface area contributed by atoms with E-state index in [1.165, 1.54) is 4.90 Å². The number of benzene rings is 2. The molecule has 0 saturated carbocycles. The highest BCUT2D eigenvalue weighted by Gasteiger charge is 2.31. The Hall–Kier alpha value is -3.35. The molecule has 7 nitrogen and oxygen atoms in total. The lowest BCUT2D eigenvalue weighted by molar-refractivity contribution is -0.139. The van der Waals surface area contributed by atoms with E-state index in [1.54, 1.807) is 6.92 Å². The molecule has 2 N–H and O–H groups in total. The van der Waals surface area contributed by atoms with Crippen LogP contribution in [0.5, 0.6) is 0 Å². The summed E-state index contributed by atoms with van der Waals surface area (Å²) < 4.78 is 5.63. The van der Waals surface area contributed by atoms with E-state index in [-0.39, 0.29) is 37.3 Å². The van der Waals surface area contributed by atoms with Crippen molar-refractivity contribution in [1.29, 1.82) is 0 Å². The van der Waals surface area contributed by atoms with E-state index in [2.05, 4.69) is 29.6 Å². The molecule has 0 saturated heterocycles. The van der Waals surface area contributed by atoms with Gasteiger partial charge in [0.2, 0.25) is 5.91 Å². The van der Waals surface area contributed by atoms with Crippen molar-refractivity contribution < 1.29 is 24.2 Å². The maximum Gasteiger partial charge on any atom is 0.407 e. The van der Waals surface area contributed by atoms with Crippen LogP contribution < -0.4 is 5.32 Å². The van der Waals surface area contributed by atoms with E-state index < -0.39 is 18.1 Å². The quantitative estimate of drug-likeness (QED) is 0.502. The number of carboxylic acids is 1. The molecule has 2 aromatic rings. The van der Waals surface area contributed by atoms with Crippen molar-refractivity contribution in [2.24, 2.45) is 5.92 Å². The molecule has 3 rings (SSSR count). The zero-order valence-electron chi connectivity index (χ0n) is 20.1. The van der Waals surface area contributed by atoms with Gasteiger partial charge >= 0.3 is 12.1 Å². The van der Waals surface area contributed by atoms with E-state index >= 15 is 0 Å². The number of carbonyl (C=O) groups is 3. The van der Waals surface area contributed by atoms with Gasteiger partial charge < -0.3 is 20.1 Å². The molecule has 0 radical (unpaired) electrons. The van der Waals surface area contributed by atoms with Crippen LogP contribution in [0.2, 0.25) is 0 Å². The van der Waals surface area contributed by atoms with Crippen molar-refractivity contribution >= 4 is 18.0 Å². The summed E-state index contributed by atoms with van der Waals surface area (Å²) in [5, 5.41) is 11.7. The summed E-state index contributed by atoms with van der Waals surface area (Å²) >= 11 is 0. The first-order chi connectivity index (χ1) is 16.3. The number of carboxylic acid groups (broad SMARTS) is 1. The maximum absolute atomic E-state index is 13.1. The van der Waals surface area contributed by atoms with Gasteiger partial charge in [0, 0.05) is 19.0 Å². The highest BCUT2D eigenvalue weighted by atomic mass is 16.5. The normalized spacial score (nSPS) is 14.0. The number of amides is 2. The van der Waals surface area contributed by atoms with Crippen molar-refractivity contribution in [2.45, 2.75) is 52.0 Å². The smallest absolute Gasteiger partial charge is 0.407 e. The predicted molar refractivity (Wildman–Crippen MR) is 131 cm³/mol. The number of likely N-dealkylation sites (N-methyl/N-ethyl adjacent to an activating group) is 1. The molecular weight excluding hydrogens is 432 g/mol. The fourth-order valence-corrected chi connectivity index (χ4v) is 4.45. The fourth-order valence-electron chi connectivity index (χ4n) is 4.45. The van der Waals surface area contributed by atoms with Gasteiger partial charge in [-0.2, -0.15) is 0 Å². The molecule has 0 spiro atoms. The lowest BCUT2D eigenvalue weighted by Crippen LogP contribution is -2.50. The molecule has 2 atom stereocenters. The lowest BCUT2D eigenvalue weighted by atomic mass is 9.98. The minimum atomic E-state index is -0.964. The molecule has 182 valence electrons. The molecular formula is C27H34N2O5. The van der Waals surface area contributed by atoms with Crippen LogP contribution in [0, 0.1) is 5.92 Å². The molecule has 7 heteroatoms. The zero-order valence-corrected chi connectivity index (χ0v) is 20.1. The number of aliphatic carboxylic acids is 1. The van der Waals surface area contributed by atoms with E-state index in [0.717, 1.165) is 28.7 Å². The average Bonchev–Trinajstić information content (AvgIpc) is 3.16. The number of fused-ring (bicyclic) bond motifs is 3. The summed E-state index contributed by atoms with van der Waals surface area (Å²) in [5.74, 6) is -1.10. The van der Waals surface area contributed by atoms with Gasteiger partial charge in [0.1, 0.15) is 12.6 Å². The Morgan fingerprint density at radius 1 is 1.03 bits per heavy atom. The molecule has 0 aliphatic heterocycles. The highest BCUT2D eigenvalue weighted by molar-refractivity contribution is 5.86. The van der Waals surface area contributed by atoms with Gasteiger partial charge in [-0.05, 0) is 41.5 Å². The van der Waals surface area contributed by atoms with Crippen molar-refractivity contribution in [3.05, 3.63) is 59.7 Å². The minimum absolute atomic E-state index is 0.0652. The Bertz CT molecular complexity index is 976. The first kappa shape index (κ1) is 25.3. The van der Waals surface area contributed by atoms with Crippen molar-refractivity contribution in [2.75, 3.05) is 19.7 Å². The molecule has 2 unspecified atom stereocenters. The predicted octanol–water partition coefficient (Wildman–Crippen LogP) is 4.65. The Morgan fingerprint density at radius 2 is 1.62 bits per heavy atom. The molecule has 0 bridgehead atoms. The molecule has 2 amide bonds. The maximum atomic E-state index is 13.1. The molecule has 0 heterocycles. The number of alkyl carbamates (subject to hydrolysis) is 1. The van der Waals surface area contributed by atoms with Crippen LogP contribution in [-0.2, 0) is 14.3 Å². The lowest BCUT2D eigenvalue weighted by Gasteiger charge is -2.28. The molecule has 2 aromatic carbocycles. The largest absolute Gasteiger partial charge is 0.481 e. The van der Waals surface area contributed by atoms with Crippen molar-refractivity contribution in [1.82, 2.24) is 10.2 Å². The molecule has 0 aromatic heterocycles. The monoisotopic (exact) mass is 466 g/mol. The topological polar surface area (TPSA) is 95.9 Å². The second-order valence-corrected chi connectivity index (χ2v) is 8.83. The van der Waals surface area contributed by atoms with Crippen LogP contribution in [-0.4, -0.2) is 53.7 Å². The van der Waals surface area contributed by atoms with Gasteiger partial charge in [0.05, 0.1) is 6.42 Å². The van der Waals surface area contributed by atoms with Crippen LogP contribution in [0.15, 0.2) is 48.5 Å². The number of nitrogens with zero attached hydrogens (tertiary/aromatic N) is 1. The summed E-state index contributed by atoms with van der Waals surface area (Å²) in [4.78, 5) is 38.4. The van der Waals surface area contributed by atoms with E-state index in [9.17, 15) is 14.4 Å². The number of hydrogen-bond donors (Lipinski definition) is 2. The van der Waals surface area contributed by atoms with E-state index in [0.29, 0.717) is 13.0 Å². The second kappa shape index (κ2) is 11.7. The third kappa shape index (κ3) is 5.95. The van der Waals surface area contributed by atoms with Crippen LogP contribution >= 0.6 is 0 Å². The number of carbonyl (C=O) groups excluding carboxylic acids is 2. The zero-order chi connectivity index (χ0) is 24.7. The Kier molecular flexibility index (Phi) is 8.68. The molecule has 1 aliphatic carbocycles. The van der Waals surface area contributed by atoms with Crippen molar-refractivity contribution in [3.8, 4) is 11.1 Å². The fraction of sp³-hybridized carbons (Fsp3) is 0.444. The Labute approximate surface area is 201 Å². The van der Waals surface area contributed by atoms with Crippen LogP contribution in [0.25, 0.3) is 11.1 Å². The van der Waals surface area contributed by atoms with Crippen LogP contribution in [0.3, 0.4) is 0 Å². The van der Waals surface area contributed by atoms with E-state index in [1.807, 2.05) is 38.1 Å².